The van der Waals surface area contributed by atoms with E-state index >= 15 is 0 Å². The van der Waals surface area contributed by atoms with E-state index in [1.165, 1.54) is 5.56 Å². The van der Waals surface area contributed by atoms with Crippen LogP contribution in [0.5, 0.6) is 5.75 Å². The summed E-state index contributed by atoms with van der Waals surface area (Å²) in [5.74, 6) is 3.07. The van der Waals surface area contributed by atoms with Crippen molar-refractivity contribution in [2.75, 3.05) is 31.3 Å². The van der Waals surface area contributed by atoms with Crippen LogP contribution in [0, 0.1) is 0 Å². The lowest BCUT2D eigenvalue weighted by atomic mass is 10.2. The fourth-order valence-corrected chi connectivity index (χ4v) is 2.38. The lowest BCUT2D eigenvalue weighted by Gasteiger charge is -2.07. The van der Waals surface area contributed by atoms with Gasteiger partial charge in [0.15, 0.2) is 0 Å². The number of hydrogen-bond donors (Lipinski definition) is 2. The fraction of sp³-hybridized carbons (Fsp3) is 0.571. The lowest BCUT2D eigenvalue weighted by Crippen LogP contribution is -2.16. The van der Waals surface area contributed by atoms with Gasteiger partial charge in [-0.25, -0.2) is 0 Å². The van der Waals surface area contributed by atoms with Gasteiger partial charge in [-0.05, 0) is 36.8 Å². The van der Waals surface area contributed by atoms with Crippen LogP contribution in [0.1, 0.15) is 18.9 Å². The second kappa shape index (κ2) is 10.2. The minimum Gasteiger partial charge on any atom is -0.494 e. The number of benzene rings is 1. The molecule has 0 aliphatic carbocycles. The molecule has 0 atom stereocenters. The van der Waals surface area contributed by atoms with Crippen molar-refractivity contribution in [3.8, 4) is 5.75 Å². The minimum atomic E-state index is 0.296. The number of nitrogens with one attached hydrogen (secondary N) is 1. The first-order chi connectivity index (χ1) is 8.86. The number of aliphatic hydroxyl groups is 1. The first kappa shape index (κ1) is 15.3. The van der Waals surface area contributed by atoms with Crippen molar-refractivity contribution in [2.45, 2.75) is 19.9 Å². The highest BCUT2D eigenvalue weighted by molar-refractivity contribution is 7.99. The van der Waals surface area contributed by atoms with E-state index in [0.29, 0.717) is 13.2 Å². The van der Waals surface area contributed by atoms with Crippen LogP contribution in [-0.2, 0) is 6.54 Å². The molecular formula is C14H23NO2S. The summed E-state index contributed by atoms with van der Waals surface area (Å²) in [7, 11) is 0. The van der Waals surface area contributed by atoms with E-state index < -0.39 is 0 Å². The molecule has 0 aromatic heterocycles. The molecule has 4 heteroatoms. The van der Waals surface area contributed by atoms with Gasteiger partial charge in [0.2, 0.25) is 0 Å². The van der Waals surface area contributed by atoms with Crippen LogP contribution >= 0.6 is 11.8 Å². The average Bonchev–Trinajstić information content (AvgIpc) is 2.39. The van der Waals surface area contributed by atoms with Crippen LogP contribution < -0.4 is 10.1 Å². The van der Waals surface area contributed by atoms with E-state index in [4.69, 9.17) is 9.84 Å². The lowest BCUT2D eigenvalue weighted by molar-refractivity contribution is 0.296. The molecule has 0 saturated carbocycles. The Morgan fingerprint density at radius 2 is 2.22 bits per heavy atom. The largest absolute Gasteiger partial charge is 0.494 e. The van der Waals surface area contributed by atoms with Crippen LogP contribution in [0.4, 0.5) is 0 Å². The van der Waals surface area contributed by atoms with Crippen molar-refractivity contribution >= 4 is 11.8 Å². The Balaban J connectivity index is 2.13. The molecule has 2 N–H and O–H groups in total. The standard InChI is InChI=1S/C14H23NO2S/c1-2-17-14-6-3-5-13(11-14)12-15-7-10-18-9-4-8-16/h3,5-6,11,15-16H,2,4,7-10,12H2,1H3. The van der Waals surface area contributed by atoms with Crippen molar-refractivity contribution in [2.24, 2.45) is 0 Å². The zero-order valence-corrected chi connectivity index (χ0v) is 11.8. The van der Waals surface area contributed by atoms with E-state index in [-0.39, 0.29) is 0 Å². The first-order valence-corrected chi connectivity index (χ1v) is 7.63. The van der Waals surface area contributed by atoms with Crippen LogP contribution in [0.2, 0.25) is 0 Å². The van der Waals surface area contributed by atoms with Gasteiger partial charge < -0.3 is 15.2 Å². The Hall–Kier alpha value is -0.710. The molecule has 1 aromatic carbocycles. The Bertz CT molecular complexity index is 320. The van der Waals surface area contributed by atoms with Crippen molar-refractivity contribution in [1.82, 2.24) is 5.32 Å². The normalized spacial score (nSPS) is 10.6. The summed E-state index contributed by atoms with van der Waals surface area (Å²) in [5.41, 5.74) is 1.25. The van der Waals surface area contributed by atoms with E-state index in [9.17, 15) is 0 Å². The van der Waals surface area contributed by atoms with Crippen LogP contribution in [0.25, 0.3) is 0 Å². The Labute approximate surface area is 114 Å². The Kier molecular flexibility index (Phi) is 8.73. The van der Waals surface area contributed by atoms with Gasteiger partial charge in [-0.1, -0.05) is 12.1 Å². The molecule has 0 radical (unpaired) electrons. The molecule has 0 bridgehead atoms. The molecule has 0 spiro atoms. The third-order valence-corrected chi connectivity index (χ3v) is 3.48. The second-order valence-electron chi connectivity index (χ2n) is 3.95. The number of rotatable bonds is 10. The van der Waals surface area contributed by atoms with Crippen molar-refractivity contribution in [3.05, 3.63) is 29.8 Å². The maximum absolute atomic E-state index is 8.65. The quantitative estimate of drug-likeness (QED) is 0.640. The highest BCUT2D eigenvalue weighted by Crippen LogP contribution is 2.12. The first-order valence-electron chi connectivity index (χ1n) is 6.48. The van der Waals surface area contributed by atoms with E-state index in [0.717, 1.165) is 36.8 Å². The van der Waals surface area contributed by atoms with E-state index in [1.54, 1.807) is 0 Å². The molecule has 0 aliphatic heterocycles. The highest BCUT2D eigenvalue weighted by atomic mass is 32.2. The SMILES string of the molecule is CCOc1cccc(CNCCSCCCO)c1. The molecule has 102 valence electrons. The predicted octanol–water partition coefficient (Wildman–Crippen LogP) is 2.29. The monoisotopic (exact) mass is 269 g/mol. The third-order valence-electron chi connectivity index (χ3n) is 2.41. The van der Waals surface area contributed by atoms with Crippen molar-refractivity contribution in [3.63, 3.8) is 0 Å². The Morgan fingerprint density at radius 3 is 3.00 bits per heavy atom. The number of hydrogen-bond acceptors (Lipinski definition) is 4. The molecule has 0 amide bonds. The summed E-state index contributed by atoms with van der Waals surface area (Å²) in [6, 6.07) is 8.19. The van der Waals surface area contributed by atoms with Gasteiger partial charge in [-0.3, -0.25) is 0 Å². The molecule has 3 nitrogen and oxygen atoms in total. The maximum atomic E-state index is 8.65. The topological polar surface area (TPSA) is 41.5 Å². The fourth-order valence-electron chi connectivity index (χ4n) is 1.56. The van der Waals surface area contributed by atoms with Crippen LogP contribution in [-0.4, -0.2) is 36.4 Å². The smallest absolute Gasteiger partial charge is 0.119 e. The van der Waals surface area contributed by atoms with Gasteiger partial charge in [0.05, 0.1) is 6.61 Å². The number of aliphatic hydroxyl groups excluding tert-OH is 1. The summed E-state index contributed by atoms with van der Waals surface area (Å²) in [5, 5.41) is 12.1. The number of ether oxygens (including phenoxy) is 1. The van der Waals surface area contributed by atoms with E-state index in [2.05, 4.69) is 17.4 Å². The van der Waals surface area contributed by atoms with E-state index in [1.807, 2.05) is 30.8 Å². The molecule has 18 heavy (non-hydrogen) atoms. The Morgan fingerprint density at radius 1 is 1.33 bits per heavy atom. The molecule has 1 aromatic rings. The van der Waals surface area contributed by atoms with Gasteiger partial charge in [-0.15, -0.1) is 0 Å². The zero-order valence-electron chi connectivity index (χ0n) is 11.0. The molecule has 0 unspecified atom stereocenters. The van der Waals surface area contributed by atoms with Crippen molar-refractivity contribution < 1.29 is 9.84 Å². The maximum Gasteiger partial charge on any atom is 0.119 e. The third kappa shape index (κ3) is 6.89. The molecular weight excluding hydrogens is 246 g/mol. The summed E-state index contributed by atoms with van der Waals surface area (Å²) >= 11 is 1.88. The second-order valence-corrected chi connectivity index (χ2v) is 5.17. The van der Waals surface area contributed by atoms with Gasteiger partial charge in [0.25, 0.3) is 0 Å². The van der Waals surface area contributed by atoms with Gasteiger partial charge >= 0.3 is 0 Å². The van der Waals surface area contributed by atoms with Gasteiger partial charge in [0.1, 0.15) is 5.75 Å². The summed E-state index contributed by atoms with van der Waals surface area (Å²) in [4.78, 5) is 0. The van der Waals surface area contributed by atoms with Gasteiger partial charge in [-0.2, -0.15) is 11.8 Å². The summed E-state index contributed by atoms with van der Waals surface area (Å²) in [6.45, 7) is 4.87. The molecule has 0 aliphatic rings. The number of thioether (sulfide) groups is 1. The van der Waals surface area contributed by atoms with Crippen molar-refractivity contribution in [1.29, 1.82) is 0 Å². The molecule has 0 heterocycles. The summed E-state index contributed by atoms with van der Waals surface area (Å²) in [6.07, 6.45) is 0.890. The molecule has 0 fully saturated rings. The summed E-state index contributed by atoms with van der Waals surface area (Å²) < 4.78 is 5.46. The minimum absolute atomic E-state index is 0.296. The van der Waals surface area contributed by atoms with Crippen LogP contribution in [0.3, 0.4) is 0 Å². The molecule has 0 saturated heterocycles. The average molecular weight is 269 g/mol. The highest BCUT2D eigenvalue weighted by Gasteiger charge is 1.96. The zero-order chi connectivity index (χ0) is 13.1. The predicted molar refractivity (Wildman–Crippen MR) is 78.3 cm³/mol. The molecule has 1 rings (SSSR count). The van der Waals surface area contributed by atoms with Crippen LogP contribution in [0.15, 0.2) is 24.3 Å². The van der Waals surface area contributed by atoms with Gasteiger partial charge in [0, 0.05) is 25.4 Å².